The van der Waals surface area contributed by atoms with Crippen molar-refractivity contribution in [3.8, 4) is 11.8 Å². The highest BCUT2D eigenvalue weighted by Gasteiger charge is 2.27. The van der Waals surface area contributed by atoms with Crippen LogP contribution in [-0.4, -0.2) is 41.9 Å². The molecule has 0 bridgehead atoms. The molecule has 1 heterocycles. The largest absolute Gasteiger partial charge is 0.384 e. The first-order valence-electron chi connectivity index (χ1n) is 6.65. The van der Waals surface area contributed by atoms with Gasteiger partial charge < -0.3 is 9.84 Å². The molecule has 3 heteroatoms. The standard InChI is InChI=1S/C16H21NO2/c1-16(2)13-17(9-11-19-16)12-15-7-4-3-6-14(15)8-5-10-18/h3-4,6-7,18H,9-13H2,1-2H3. The number of aliphatic hydroxyl groups excluding tert-OH is 1. The van der Waals surface area contributed by atoms with Crippen LogP contribution in [0.4, 0.5) is 0 Å². The average Bonchev–Trinajstić information content (AvgIpc) is 2.36. The molecule has 0 atom stereocenters. The van der Waals surface area contributed by atoms with E-state index in [1.807, 2.05) is 18.2 Å². The third-order valence-corrected chi connectivity index (χ3v) is 3.22. The number of morpholine rings is 1. The molecule has 0 amide bonds. The van der Waals surface area contributed by atoms with Crippen LogP contribution in [0.25, 0.3) is 0 Å². The molecule has 0 aliphatic carbocycles. The Morgan fingerprint density at radius 1 is 1.37 bits per heavy atom. The van der Waals surface area contributed by atoms with E-state index < -0.39 is 0 Å². The first-order valence-corrected chi connectivity index (χ1v) is 6.65. The summed E-state index contributed by atoms with van der Waals surface area (Å²) in [5.74, 6) is 5.74. The molecule has 19 heavy (non-hydrogen) atoms. The zero-order valence-electron chi connectivity index (χ0n) is 11.6. The summed E-state index contributed by atoms with van der Waals surface area (Å²) in [7, 11) is 0. The molecule has 102 valence electrons. The molecule has 0 aromatic heterocycles. The van der Waals surface area contributed by atoms with Crippen molar-refractivity contribution in [2.75, 3.05) is 26.3 Å². The highest BCUT2D eigenvalue weighted by atomic mass is 16.5. The second kappa shape index (κ2) is 6.21. The fourth-order valence-corrected chi connectivity index (χ4v) is 2.40. The van der Waals surface area contributed by atoms with Crippen LogP contribution in [0.15, 0.2) is 24.3 Å². The first-order chi connectivity index (χ1) is 9.11. The summed E-state index contributed by atoms with van der Waals surface area (Å²) in [5.41, 5.74) is 2.13. The highest BCUT2D eigenvalue weighted by Crippen LogP contribution is 2.19. The second-order valence-corrected chi connectivity index (χ2v) is 5.44. The van der Waals surface area contributed by atoms with Gasteiger partial charge in [-0.1, -0.05) is 30.0 Å². The van der Waals surface area contributed by atoms with Gasteiger partial charge in [0.1, 0.15) is 6.61 Å². The van der Waals surface area contributed by atoms with Gasteiger partial charge in [0.15, 0.2) is 0 Å². The SMILES string of the molecule is CC1(C)CN(Cc2ccccc2C#CCO)CCO1. The molecule has 0 spiro atoms. The molecule has 1 aliphatic rings. The molecule has 0 unspecified atom stereocenters. The van der Waals surface area contributed by atoms with Gasteiger partial charge in [-0.05, 0) is 25.5 Å². The molecular formula is C16H21NO2. The van der Waals surface area contributed by atoms with Crippen molar-refractivity contribution in [2.24, 2.45) is 0 Å². The number of ether oxygens (including phenoxy) is 1. The second-order valence-electron chi connectivity index (χ2n) is 5.44. The molecule has 2 rings (SSSR count). The van der Waals surface area contributed by atoms with Crippen LogP contribution in [0.3, 0.4) is 0 Å². The van der Waals surface area contributed by atoms with E-state index in [0.29, 0.717) is 0 Å². The van der Waals surface area contributed by atoms with Gasteiger partial charge in [-0.2, -0.15) is 0 Å². The van der Waals surface area contributed by atoms with Crippen LogP contribution in [0.2, 0.25) is 0 Å². The van der Waals surface area contributed by atoms with E-state index in [4.69, 9.17) is 9.84 Å². The number of benzene rings is 1. The van der Waals surface area contributed by atoms with Gasteiger partial charge in [-0.15, -0.1) is 0 Å². The van der Waals surface area contributed by atoms with Crippen molar-refractivity contribution in [1.29, 1.82) is 0 Å². The minimum absolute atomic E-state index is 0.0794. The Labute approximate surface area is 115 Å². The predicted molar refractivity (Wildman–Crippen MR) is 75.7 cm³/mol. The monoisotopic (exact) mass is 259 g/mol. The van der Waals surface area contributed by atoms with E-state index in [2.05, 4.69) is 36.7 Å². The van der Waals surface area contributed by atoms with E-state index in [1.54, 1.807) is 0 Å². The van der Waals surface area contributed by atoms with Crippen LogP contribution >= 0.6 is 0 Å². The van der Waals surface area contributed by atoms with Crippen LogP contribution < -0.4 is 0 Å². The number of hydrogen-bond donors (Lipinski definition) is 1. The van der Waals surface area contributed by atoms with Gasteiger partial charge in [0.25, 0.3) is 0 Å². The molecule has 3 nitrogen and oxygen atoms in total. The molecular weight excluding hydrogens is 238 g/mol. The van der Waals surface area contributed by atoms with E-state index in [1.165, 1.54) is 5.56 Å². The van der Waals surface area contributed by atoms with Gasteiger partial charge in [-0.3, -0.25) is 4.90 Å². The summed E-state index contributed by atoms with van der Waals surface area (Å²) in [6.45, 7) is 7.67. The smallest absolute Gasteiger partial charge is 0.104 e. The molecule has 0 radical (unpaired) electrons. The summed E-state index contributed by atoms with van der Waals surface area (Å²) in [6.07, 6.45) is 0. The summed E-state index contributed by atoms with van der Waals surface area (Å²) in [6, 6.07) is 8.12. The summed E-state index contributed by atoms with van der Waals surface area (Å²) in [4.78, 5) is 2.39. The van der Waals surface area contributed by atoms with E-state index in [9.17, 15) is 0 Å². The van der Waals surface area contributed by atoms with E-state index in [-0.39, 0.29) is 12.2 Å². The van der Waals surface area contributed by atoms with Gasteiger partial charge >= 0.3 is 0 Å². The molecule has 1 aromatic carbocycles. The van der Waals surface area contributed by atoms with Crippen molar-refractivity contribution in [1.82, 2.24) is 4.90 Å². The van der Waals surface area contributed by atoms with E-state index >= 15 is 0 Å². The van der Waals surface area contributed by atoms with Crippen molar-refractivity contribution in [2.45, 2.75) is 26.0 Å². The maximum Gasteiger partial charge on any atom is 0.104 e. The third kappa shape index (κ3) is 4.07. The van der Waals surface area contributed by atoms with Crippen molar-refractivity contribution < 1.29 is 9.84 Å². The third-order valence-electron chi connectivity index (χ3n) is 3.22. The highest BCUT2D eigenvalue weighted by molar-refractivity contribution is 5.41. The number of rotatable bonds is 2. The van der Waals surface area contributed by atoms with Crippen molar-refractivity contribution in [3.05, 3.63) is 35.4 Å². The predicted octanol–water partition coefficient (Wildman–Crippen LogP) is 1.64. The molecule has 1 fully saturated rings. The van der Waals surface area contributed by atoms with Crippen molar-refractivity contribution >= 4 is 0 Å². The Morgan fingerprint density at radius 2 is 2.16 bits per heavy atom. The topological polar surface area (TPSA) is 32.7 Å². The summed E-state index contributed by atoms with van der Waals surface area (Å²) in [5, 5.41) is 8.81. The Hall–Kier alpha value is -1.34. The molecule has 1 aliphatic heterocycles. The fraction of sp³-hybridized carbons (Fsp3) is 0.500. The zero-order chi connectivity index (χ0) is 13.7. The van der Waals surface area contributed by atoms with Gasteiger partial charge in [-0.25, -0.2) is 0 Å². The number of hydrogen-bond acceptors (Lipinski definition) is 3. The maximum absolute atomic E-state index is 8.81. The maximum atomic E-state index is 8.81. The Balaban J connectivity index is 2.10. The van der Waals surface area contributed by atoms with Crippen LogP contribution in [0.1, 0.15) is 25.0 Å². The minimum atomic E-state index is -0.0983. The number of aliphatic hydroxyl groups is 1. The van der Waals surface area contributed by atoms with Gasteiger partial charge in [0.05, 0.1) is 12.2 Å². The summed E-state index contributed by atoms with van der Waals surface area (Å²) >= 11 is 0. The first kappa shape index (κ1) is 14.1. The van der Waals surface area contributed by atoms with Gasteiger partial charge in [0.2, 0.25) is 0 Å². The zero-order valence-corrected chi connectivity index (χ0v) is 11.6. The average molecular weight is 259 g/mol. The molecule has 0 saturated carbocycles. The minimum Gasteiger partial charge on any atom is -0.384 e. The molecule has 1 N–H and O–H groups in total. The lowest BCUT2D eigenvalue weighted by Gasteiger charge is -2.38. The van der Waals surface area contributed by atoms with Crippen molar-refractivity contribution in [3.63, 3.8) is 0 Å². The Morgan fingerprint density at radius 3 is 2.89 bits per heavy atom. The lowest BCUT2D eigenvalue weighted by Crippen LogP contribution is -2.47. The van der Waals surface area contributed by atoms with Crippen LogP contribution in [-0.2, 0) is 11.3 Å². The number of nitrogens with zero attached hydrogens (tertiary/aromatic N) is 1. The van der Waals surface area contributed by atoms with E-state index in [0.717, 1.165) is 31.8 Å². The Kier molecular flexibility index (Phi) is 4.60. The fourth-order valence-electron chi connectivity index (χ4n) is 2.40. The summed E-state index contributed by atoms with van der Waals surface area (Å²) < 4.78 is 5.73. The molecule has 1 saturated heterocycles. The normalized spacial score (nSPS) is 18.7. The van der Waals surface area contributed by atoms with Gasteiger partial charge in [0, 0.05) is 25.2 Å². The van der Waals surface area contributed by atoms with Crippen LogP contribution in [0, 0.1) is 11.8 Å². The Bertz CT molecular complexity index is 485. The molecule has 1 aromatic rings. The lowest BCUT2D eigenvalue weighted by atomic mass is 10.0. The quantitative estimate of drug-likeness (QED) is 0.820. The van der Waals surface area contributed by atoms with Crippen LogP contribution in [0.5, 0.6) is 0 Å². The lowest BCUT2D eigenvalue weighted by molar-refractivity contribution is -0.0882.